The van der Waals surface area contributed by atoms with E-state index in [9.17, 15) is 0 Å². The third-order valence-corrected chi connectivity index (χ3v) is 15.6. The Balaban J connectivity index is 2.70. The van der Waals surface area contributed by atoms with Crippen LogP contribution in [0, 0.1) is 0 Å². The predicted molar refractivity (Wildman–Crippen MR) is 307 cm³/mol. The second-order valence-electron chi connectivity index (χ2n) is 22.2. The molecular weight excluding hydrogens is 809 g/mol. The van der Waals surface area contributed by atoms with E-state index in [-0.39, 0.29) is 0 Å². The molecular formula is C65H126N2. The predicted octanol–water partition coefficient (Wildman–Crippen LogP) is 22.2. The topological polar surface area (TPSA) is 6.48 Å². The highest BCUT2D eigenvalue weighted by Crippen LogP contribution is 2.23. The van der Waals surface area contributed by atoms with Crippen molar-refractivity contribution in [3.8, 4) is 0 Å². The molecule has 1 saturated heterocycles. The van der Waals surface area contributed by atoms with Gasteiger partial charge in [0.2, 0.25) is 0 Å². The lowest BCUT2D eigenvalue weighted by Crippen LogP contribution is -2.31. The third kappa shape index (κ3) is 44.8. The van der Waals surface area contributed by atoms with Gasteiger partial charge in [-0.1, -0.05) is 281 Å². The lowest BCUT2D eigenvalue weighted by molar-refractivity contribution is 0.257. The Bertz CT molecular complexity index is 1040. The minimum Gasteiger partial charge on any atom is -0.303 e. The summed E-state index contributed by atoms with van der Waals surface area (Å²) in [5, 5.41) is 0. The first-order valence-corrected chi connectivity index (χ1v) is 31.6. The first kappa shape index (κ1) is 64.2. The van der Waals surface area contributed by atoms with Crippen molar-refractivity contribution in [1.29, 1.82) is 0 Å². The van der Waals surface area contributed by atoms with Crippen LogP contribution < -0.4 is 0 Å². The van der Waals surface area contributed by atoms with E-state index in [0.717, 1.165) is 0 Å². The van der Waals surface area contributed by atoms with Gasteiger partial charge >= 0.3 is 0 Å². The summed E-state index contributed by atoms with van der Waals surface area (Å²) in [6.45, 7) is 19.4. The fraction of sp³-hybridized carbons (Fsp3) is 0.908. The van der Waals surface area contributed by atoms with Gasteiger partial charge in [-0.25, -0.2) is 0 Å². The maximum Gasteiger partial charge on any atom is 0.00188 e. The highest BCUT2D eigenvalue weighted by Gasteiger charge is 2.14. The molecule has 396 valence electrons. The molecule has 0 aromatic rings. The summed E-state index contributed by atoms with van der Waals surface area (Å²) in [6, 6.07) is 0. The monoisotopic (exact) mass is 935 g/mol. The molecule has 0 atom stereocenters. The summed E-state index contributed by atoms with van der Waals surface area (Å²) in [5.74, 6) is 0. The van der Waals surface area contributed by atoms with Crippen molar-refractivity contribution in [3.63, 3.8) is 0 Å². The van der Waals surface area contributed by atoms with E-state index in [1.807, 2.05) is 5.57 Å². The largest absolute Gasteiger partial charge is 0.303 e. The van der Waals surface area contributed by atoms with Gasteiger partial charge < -0.3 is 9.80 Å². The van der Waals surface area contributed by atoms with Crippen LogP contribution in [0.2, 0.25) is 0 Å². The maximum absolute atomic E-state index is 2.89. The van der Waals surface area contributed by atoms with Gasteiger partial charge in [-0.2, -0.15) is 0 Å². The SMILES string of the molecule is CCCCCCCCCCCC/C=C(\CCCCCCCCCCCC)CCCN(CCC=C1CCN(CCC=C(CCCCCC)CCCCCC)CC1)CCCCCCCCCCCC. The van der Waals surface area contributed by atoms with E-state index in [1.54, 1.807) is 11.1 Å². The van der Waals surface area contributed by atoms with Crippen LogP contribution in [0.1, 0.15) is 343 Å². The molecule has 0 spiro atoms. The zero-order chi connectivity index (χ0) is 48.2. The zero-order valence-corrected chi connectivity index (χ0v) is 47.3. The van der Waals surface area contributed by atoms with Gasteiger partial charge in [0.15, 0.2) is 0 Å². The molecule has 1 heterocycles. The van der Waals surface area contributed by atoms with Gasteiger partial charge in [-0.3, -0.25) is 0 Å². The number of nitrogens with zero attached hydrogens (tertiary/aromatic N) is 2. The molecule has 0 radical (unpaired) electrons. The van der Waals surface area contributed by atoms with Gasteiger partial charge in [0.25, 0.3) is 0 Å². The molecule has 0 unspecified atom stereocenters. The Hall–Kier alpha value is -0.860. The highest BCUT2D eigenvalue weighted by molar-refractivity contribution is 5.07. The second kappa shape index (κ2) is 53.0. The van der Waals surface area contributed by atoms with E-state index in [1.165, 1.54) is 347 Å². The Morgan fingerprint density at radius 1 is 0.343 bits per heavy atom. The molecule has 1 rings (SSSR count). The molecule has 1 aliphatic heterocycles. The summed E-state index contributed by atoms with van der Waals surface area (Å²) in [7, 11) is 0. The normalized spacial score (nSPS) is 13.6. The van der Waals surface area contributed by atoms with E-state index in [0.29, 0.717) is 0 Å². The van der Waals surface area contributed by atoms with Gasteiger partial charge in [-0.05, 0) is 109 Å². The molecule has 2 nitrogen and oxygen atoms in total. The molecule has 1 aliphatic rings. The molecule has 2 heteroatoms. The van der Waals surface area contributed by atoms with Crippen LogP contribution in [0.4, 0.5) is 0 Å². The first-order valence-electron chi connectivity index (χ1n) is 31.6. The van der Waals surface area contributed by atoms with Crippen LogP contribution in [-0.2, 0) is 0 Å². The summed E-state index contributed by atoms with van der Waals surface area (Å²) >= 11 is 0. The van der Waals surface area contributed by atoms with Gasteiger partial charge in [-0.15, -0.1) is 0 Å². The van der Waals surface area contributed by atoms with Gasteiger partial charge in [0, 0.05) is 26.2 Å². The molecule has 0 aliphatic carbocycles. The fourth-order valence-electron chi connectivity index (χ4n) is 10.9. The van der Waals surface area contributed by atoms with E-state index < -0.39 is 0 Å². The summed E-state index contributed by atoms with van der Waals surface area (Å²) in [5.41, 5.74) is 5.35. The van der Waals surface area contributed by atoms with Crippen molar-refractivity contribution < 1.29 is 0 Å². The van der Waals surface area contributed by atoms with Crippen LogP contribution in [0.3, 0.4) is 0 Å². The Labute approximate surface area is 425 Å². The highest BCUT2D eigenvalue weighted by atomic mass is 15.1. The lowest BCUT2D eigenvalue weighted by atomic mass is 9.98. The molecule has 0 aromatic carbocycles. The second-order valence-corrected chi connectivity index (χ2v) is 22.2. The minimum atomic E-state index is 1.26. The fourth-order valence-corrected chi connectivity index (χ4v) is 10.9. The Morgan fingerprint density at radius 2 is 0.672 bits per heavy atom. The Morgan fingerprint density at radius 3 is 1.10 bits per heavy atom. The van der Waals surface area contributed by atoms with Crippen molar-refractivity contribution >= 4 is 0 Å². The van der Waals surface area contributed by atoms with Gasteiger partial charge in [0.05, 0.1) is 0 Å². The number of hydrogen-bond acceptors (Lipinski definition) is 2. The number of unbranched alkanes of at least 4 members (excludes halogenated alkanes) is 34. The van der Waals surface area contributed by atoms with Gasteiger partial charge in [0.1, 0.15) is 0 Å². The number of piperidine rings is 1. The number of likely N-dealkylation sites (tertiary alicyclic amines) is 1. The molecule has 0 N–H and O–H groups in total. The molecule has 0 saturated carbocycles. The quantitative estimate of drug-likeness (QED) is 0.0443. The Kier molecular flexibility index (Phi) is 50.7. The third-order valence-electron chi connectivity index (χ3n) is 15.6. The zero-order valence-electron chi connectivity index (χ0n) is 47.3. The molecule has 0 amide bonds. The lowest BCUT2D eigenvalue weighted by Gasteiger charge is -2.28. The summed E-state index contributed by atoms with van der Waals surface area (Å²) in [6.07, 6.45) is 75.6. The van der Waals surface area contributed by atoms with Crippen molar-refractivity contribution in [2.24, 2.45) is 0 Å². The van der Waals surface area contributed by atoms with E-state index >= 15 is 0 Å². The van der Waals surface area contributed by atoms with E-state index in [4.69, 9.17) is 0 Å². The molecule has 1 fully saturated rings. The first-order chi connectivity index (χ1) is 33.2. The van der Waals surface area contributed by atoms with Crippen LogP contribution in [0.15, 0.2) is 34.9 Å². The van der Waals surface area contributed by atoms with Crippen molar-refractivity contribution in [2.75, 3.05) is 39.3 Å². The number of hydrogen-bond donors (Lipinski definition) is 0. The summed E-state index contributed by atoms with van der Waals surface area (Å²) in [4.78, 5) is 5.67. The van der Waals surface area contributed by atoms with E-state index in [2.05, 4.69) is 62.6 Å². The van der Waals surface area contributed by atoms with Crippen LogP contribution in [0.5, 0.6) is 0 Å². The molecule has 0 aromatic heterocycles. The standard InChI is InChI=1S/C65H126N2/c1-6-11-16-21-24-27-30-32-35-38-43-51-64(50-42-37-34-31-28-25-22-17-12-7-2)52-45-58-66(57-44-39-36-33-29-26-23-18-13-8-3)59-47-54-65-55-61-67(62-56-65)60-46-53-63(48-40-19-14-9-4)49-41-20-15-10-5/h51,53-54H,6-50,52,55-62H2,1-5H3/b64-51+. The van der Waals surface area contributed by atoms with Crippen molar-refractivity contribution in [1.82, 2.24) is 9.80 Å². The minimum absolute atomic E-state index is 1.26. The summed E-state index contributed by atoms with van der Waals surface area (Å²) < 4.78 is 0. The average Bonchev–Trinajstić information content (AvgIpc) is 3.34. The van der Waals surface area contributed by atoms with Crippen LogP contribution in [-0.4, -0.2) is 49.1 Å². The molecule has 0 bridgehead atoms. The smallest absolute Gasteiger partial charge is 0.00188 e. The number of allylic oxidation sites excluding steroid dienone is 3. The maximum atomic E-state index is 2.89. The van der Waals surface area contributed by atoms with Crippen molar-refractivity contribution in [3.05, 3.63) is 34.9 Å². The average molecular weight is 936 g/mol. The van der Waals surface area contributed by atoms with Crippen LogP contribution >= 0.6 is 0 Å². The molecule has 67 heavy (non-hydrogen) atoms. The number of rotatable bonds is 53. The van der Waals surface area contributed by atoms with Crippen molar-refractivity contribution in [2.45, 2.75) is 343 Å². The van der Waals surface area contributed by atoms with Crippen LogP contribution in [0.25, 0.3) is 0 Å².